The summed E-state index contributed by atoms with van der Waals surface area (Å²) in [4.78, 5) is 18.5. The molecule has 128 valence electrons. The number of amides is 1. The van der Waals surface area contributed by atoms with Crippen LogP contribution in [0.2, 0.25) is 0 Å². The Kier molecular flexibility index (Phi) is 5.24. The van der Waals surface area contributed by atoms with Crippen LogP contribution in [0.1, 0.15) is 24.2 Å². The van der Waals surface area contributed by atoms with Crippen LogP contribution < -0.4 is 0 Å². The third-order valence-corrected chi connectivity index (χ3v) is 4.62. The zero-order chi connectivity index (χ0) is 16.2. The molecule has 2 aliphatic heterocycles. The number of β-amino-alcohol motifs (C(OH)–C–C–N with tert-alkyl or cyclic N) is 1. The van der Waals surface area contributed by atoms with E-state index in [1.165, 1.54) is 12.8 Å². The summed E-state index contributed by atoms with van der Waals surface area (Å²) in [6, 6.07) is 0. The van der Waals surface area contributed by atoms with Crippen LogP contribution in [0.4, 0.5) is 0 Å². The van der Waals surface area contributed by atoms with Gasteiger partial charge in [-0.3, -0.25) is 14.6 Å². The van der Waals surface area contributed by atoms with E-state index in [4.69, 9.17) is 4.63 Å². The van der Waals surface area contributed by atoms with Crippen molar-refractivity contribution in [2.24, 2.45) is 0 Å². The Morgan fingerprint density at radius 2 is 1.96 bits per heavy atom. The van der Waals surface area contributed by atoms with Gasteiger partial charge in [-0.05, 0) is 32.9 Å². The Morgan fingerprint density at radius 3 is 2.65 bits per heavy atom. The molecule has 2 aliphatic rings. The summed E-state index contributed by atoms with van der Waals surface area (Å²) >= 11 is 0. The minimum atomic E-state index is -0.541. The Balaban J connectivity index is 1.54. The van der Waals surface area contributed by atoms with Gasteiger partial charge in [-0.1, -0.05) is 10.3 Å². The quantitative estimate of drug-likeness (QED) is 0.798. The molecule has 2 saturated heterocycles. The van der Waals surface area contributed by atoms with Crippen molar-refractivity contribution in [1.29, 1.82) is 0 Å². The van der Waals surface area contributed by atoms with E-state index in [0.29, 0.717) is 32.7 Å². The van der Waals surface area contributed by atoms with E-state index < -0.39 is 6.10 Å². The van der Waals surface area contributed by atoms with Gasteiger partial charge in [0.2, 0.25) is 5.91 Å². The molecule has 1 amide bonds. The van der Waals surface area contributed by atoms with Crippen LogP contribution in [0.3, 0.4) is 0 Å². The van der Waals surface area contributed by atoms with Crippen LogP contribution in [-0.4, -0.2) is 87.9 Å². The van der Waals surface area contributed by atoms with E-state index in [1.807, 2.05) is 6.92 Å². The molecule has 8 nitrogen and oxygen atoms in total. The predicted octanol–water partition coefficient (Wildman–Crippen LogP) is -0.521. The highest BCUT2D eigenvalue weighted by atomic mass is 16.6. The van der Waals surface area contributed by atoms with Gasteiger partial charge in [0.15, 0.2) is 0 Å². The average molecular weight is 323 g/mol. The predicted molar refractivity (Wildman–Crippen MR) is 82.6 cm³/mol. The summed E-state index contributed by atoms with van der Waals surface area (Å²) in [6.45, 7) is 7.20. The first-order valence-electron chi connectivity index (χ1n) is 8.30. The average Bonchev–Trinajstić information content (AvgIpc) is 3.11. The van der Waals surface area contributed by atoms with Crippen molar-refractivity contribution in [3.8, 4) is 0 Å². The normalized spacial score (nSPS) is 24.1. The standard InChI is InChI=1S/C15H25N5O3/c1-12-14(17-23-16-12)10-19-6-7-20(9-13(21)8-19)15(22)11-18-4-2-3-5-18/h13,21H,2-11H2,1H3/t13-/m0/s1. The van der Waals surface area contributed by atoms with E-state index in [1.54, 1.807) is 4.90 Å². The van der Waals surface area contributed by atoms with Crippen LogP contribution in [0.5, 0.6) is 0 Å². The van der Waals surface area contributed by atoms with Crippen LogP contribution in [0.15, 0.2) is 4.63 Å². The number of carbonyl (C=O) groups excluding carboxylic acids is 1. The van der Waals surface area contributed by atoms with Gasteiger partial charge in [-0.2, -0.15) is 0 Å². The maximum Gasteiger partial charge on any atom is 0.236 e. The number of aliphatic hydroxyl groups is 1. The molecule has 8 heteroatoms. The second-order valence-electron chi connectivity index (χ2n) is 6.51. The number of rotatable bonds is 4. The zero-order valence-electron chi connectivity index (χ0n) is 13.6. The number of nitrogens with zero attached hydrogens (tertiary/aromatic N) is 5. The van der Waals surface area contributed by atoms with E-state index in [0.717, 1.165) is 31.0 Å². The van der Waals surface area contributed by atoms with Gasteiger partial charge in [0.25, 0.3) is 0 Å². The number of aliphatic hydroxyl groups excluding tert-OH is 1. The molecule has 2 fully saturated rings. The number of likely N-dealkylation sites (tertiary alicyclic amines) is 1. The van der Waals surface area contributed by atoms with Crippen molar-refractivity contribution >= 4 is 5.91 Å². The molecule has 3 rings (SSSR count). The largest absolute Gasteiger partial charge is 0.390 e. The van der Waals surface area contributed by atoms with E-state index in [9.17, 15) is 9.90 Å². The number of hydrogen-bond acceptors (Lipinski definition) is 7. The monoisotopic (exact) mass is 323 g/mol. The van der Waals surface area contributed by atoms with Crippen molar-refractivity contribution in [2.45, 2.75) is 32.4 Å². The molecule has 0 saturated carbocycles. The fraction of sp³-hybridized carbons (Fsp3) is 0.800. The minimum Gasteiger partial charge on any atom is -0.390 e. The number of aromatic nitrogens is 2. The molecule has 0 unspecified atom stereocenters. The maximum absolute atomic E-state index is 12.4. The van der Waals surface area contributed by atoms with Crippen LogP contribution in [0.25, 0.3) is 0 Å². The molecule has 0 radical (unpaired) electrons. The summed E-state index contributed by atoms with van der Waals surface area (Å²) < 4.78 is 4.72. The third-order valence-electron chi connectivity index (χ3n) is 4.62. The second-order valence-corrected chi connectivity index (χ2v) is 6.51. The zero-order valence-corrected chi connectivity index (χ0v) is 13.6. The molecule has 0 bridgehead atoms. The highest BCUT2D eigenvalue weighted by molar-refractivity contribution is 5.78. The molecule has 1 aromatic heterocycles. The first-order chi connectivity index (χ1) is 11.1. The molecule has 1 N–H and O–H groups in total. The summed E-state index contributed by atoms with van der Waals surface area (Å²) in [7, 11) is 0. The van der Waals surface area contributed by atoms with Crippen LogP contribution in [-0.2, 0) is 11.3 Å². The fourth-order valence-electron chi connectivity index (χ4n) is 3.26. The molecule has 1 aromatic rings. The number of aryl methyl sites for hydroxylation is 1. The first kappa shape index (κ1) is 16.4. The lowest BCUT2D eigenvalue weighted by atomic mass is 10.3. The first-order valence-corrected chi connectivity index (χ1v) is 8.30. The lowest BCUT2D eigenvalue weighted by Gasteiger charge is -2.24. The van der Waals surface area contributed by atoms with Crippen LogP contribution >= 0.6 is 0 Å². The van der Waals surface area contributed by atoms with Gasteiger partial charge >= 0.3 is 0 Å². The van der Waals surface area contributed by atoms with Crippen LogP contribution in [0, 0.1) is 6.92 Å². The highest BCUT2D eigenvalue weighted by Gasteiger charge is 2.26. The lowest BCUT2D eigenvalue weighted by molar-refractivity contribution is -0.133. The molecule has 1 atom stereocenters. The summed E-state index contributed by atoms with van der Waals surface area (Å²) in [5, 5.41) is 17.9. The number of carbonyl (C=O) groups is 1. The van der Waals surface area contributed by atoms with E-state index >= 15 is 0 Å². The summed E-state index contributed by atoms with van der Waals surface area (Å²) in [5.41, 5.74) is 1.56. The van der Waals surface area contributed by atoms with Gasteiger partial charge in [-0.25, -0.2) is 4.63 Å². The SMILES string of the molecule is Cc1nonc1CN1CCN(C(=O)CN2CCCC2)C[C@@H](O)C1. The van der Waals surface area contributed by atoms with Crippen molar-refractivity contribution in [3.05, 3.63) is 11.4 Å². The fourth-order valence-corrected chi connectivity index (χ4v) is 3.26. The Hall–Kier alpha value is -1.51. The topological polar surface area (TPSA) is 85.9 Å². The molecule has 0 aliphatic carbocycles. The van der Waals surface area contributed by atoms with Gasteiger partial charge < -0.3 is 10.0 Å². The number of hydrogen-bond donors (Lipinski definition) is 1. The Bertz CT molecular complexity index is 529. The molecule has 0 spiro atoms. The van der Waals surface area contributed by atoms with Gasteiger partial charge in [0.05, 0.1) is 12.6 Å². The van der Waals surface area contributed by atoms with E-state index in [2.05, 4.69) is 20.1 Å². The Labute approximate surface area is 136 Å². The second kappa shape index (κ2) is 7.37. The van der Waals surface area contributed by atoms with E-state index in [-0.39, 0.29) is 5.91 Å². The summed E-state index contributed by atoms with van der Waals surface area (Å²) in [5.74, 6) is 0.118. The van der Waals surface area contributed by atoms with Crippen molar-refractivity contribution < 1.29 is 14.5 Å². The molecule has 3 heterocycles. The molecule has 23 heavy (non-hydrogen) atoms. The third kappa shape index (κ3) is 4.27. The minimum absolute atomic E-state index is 0.118. The van der Waals surface area contributed by atoms with Crippen molar-refractivity contribution in [3.63, 3.8) is 0 Å². The van der Waals surface area contributed by atoms with Gasteiger partial charge in [-0.15, -0.1) is 0 Å². The lowest BCUT2D eigenvalue weighted by Crippen LogP contribution is -2.43. The smallest absolute Gasteiger partial charge is 0.236 e. The molecular formula is C15H25N5O3. The maximum atomic E-state index is 12.4. The van der Waals surface area contributed by atoms with Gasteiger partial charge in [0, 0.05) is 32.7 Å². The van der Waals surface area contributed by atoms with Crippen molar-refractivity contribution in [1.82, 2.24) is 25.0 Å². The highest BCUT2D eigenvalue weighted by Crippen LogP contribution is 2.12. The van der Waals surface area contributed by atoms with Gasteiger partial charge in [0.1, 0.15) is 11.4 Å². The summed E-state index contributed by atoms with van der Waals surface area (Å²) in [6.07, 6.45) is 1.81. The molecular weight excluding hydrogens is 298 g/mol. The Morgan fingerprint density at radius 1 is 1.17 bits per heavy atom. The van der Waals surface area contributed by atoms with Crippen molar-refractivity contribution in [2.75, 3.05) is 45.8 Å². The molecule has 0 aromatic carbocycles.